The van der Waals surface area contributed by atoms with Gasteiger partial charge in [-0.15, -0.1) is 0 Å². The lowest BCUT2D eigenvalue weighted by Gasteiger charge is -2.14. The van der Waals surface area contributed by atoms with E-state index in [1.807, 2.05) is 20.8 Å². The van der Waals surface area contributed by atoms with Crippen LogP contribution in [0.25, 0.3) is 0 Å². The maximum Gasteiger partial charge on any atom is 0.206 e. The second-order valence-electron chi connectivity index (χ2n) is 5.97. The molecule has 4 nitrogen and oxygen atoms in total. The van der Waals surface area contributed by atoms with Crippen LogP contribution in [0.15, 0.2) is 46.2 Å². The van der Waals surface area contributed by atoms with Crippen molar-refractivity contribution in [2.45, 2.75) is 36.7 Å². The number of benzene rings is 2. The van der Waals surface area contributed by atoms with Crippen molar-refractivity contribution in [3.63, 3.8) is 0 Å². The zero-order valence-electron chi connectivity index (χ0n) is 13.5. The molecular weight excluding hydrogens is 312 g/mol. The van der Waals surface area contributed by atoms with Gasteiger partial charge in [0.25, 0.3) is 0 Å². The summed E-state index contributed by atoms with van der Waals surface area (Å²) < 4.78 is 36.4. The summed E-state index contributed by atoms with van der Waals surface area (Å²) >= 11 is 0. The molecule has 0 aromatic heterocycles. The standard InChI is InChI=1S/C18H20O4S/c1-12-4-6-16(7-5-12)23(19,20)17-8-13(2)18(14(3)9-17)22-11-15-10-21-15/h4-9,15H,10-11H2,1-3H3. The van der Waals surface area contributed by atoms with Crippen LogP contribution in [0, 0.1) is 20.8 Å². The van der Waals surface area contributed by atoms with Crippen molar-refractivity contribution in [3.8, 4) is 5.75 Å². The van der Waals surface area contributed by atoms with Crippen molar-refractivity contribution < 1.29 is 17.9 Å². The van der Waals surface area contributed by atoms with Crippen LogP contribution in [0.4, 0.5) is 0 Å². The molecule has 0 spiro atoms. The smallest absolute Gasteiger partial charge is 0.206 e. The summed E-state index contributed by atoms with van der Waals surface area (Å²) in [6, 6.07) is 10.2. The molecule has 1 aliphatic rings. The highest BCUT2D eigenvalue weighted by atomic mass is 32.2. The number of epoxide rings is 1. The Kier molecular flexibility index (Phi) is 4.17. The van der Waals surface area contributed by atoms with E-state index in [1.54, 1.807) is 36.4 Å². The van der Waals surface area contributed by atoms with Crippen molar-refractivity contribution in [1.82, 2.24) is 0 Å². The van der Waals surface area contributed by atoms with Crippen LogP contribution in [-0.2, 0) is 14.6 Å². The van der Waals surface area contributed by atoms with Crippen LogP contribution < -0.4 is 4.74 Å². The minimum absolute atomic E-state index is 0.171. The zero-order valence-corrected chi connectivity index (χ0v) is 14.3. The van der Waals surface area contributed by atoms with Gasteiger partial charge in [-0.25, -0.2) is 8.42 Å². The van der Waals surface area contributed by atoms with E-state index in [2.05, 4.69) is 0 Å². The topological polar surface area (TPSA) is 55.9 Å². The van der Waals surface area contributed by atoms with Crippen molar-refractivity contribution in [2.24, 2.45) is 0 Å². The number of rotatable bonds is 5. The highest BCUT2D eigenvalue weighted by molar-refractivity contribution is 7.91. The first kappa shape index (κ1) is 16.0. The van der Waals surface area contributed by atoms with E-state index >= 15 is 0 Å². The normalized spacial score (nSPS) is 17.1. The van der Waals surface area contributed by atoms with Crippen LogP contribution in [0.2, 0.25) is 0 Å². The Labute approximate surface area is 137 Å². The molecular formula is C18H20O4S. The number of sulfone groups is 1. The second-order valence-corrected chi connectivity index (χ2v) is 7.92. The molecule has 0 saturated carbocycles. The van der Waals surface area contributed by atoms with E-state index in [9.17, 15) is 8.42 Å². The second kappa shape index (κ2) is 5.98. The minimum Gasteiger partial charge on any atom is -0.490 e. The molecule has 3 rings (SSSR count). The quantitative estimate of drug-likeness (QED) is 0.789. The number of hydrogen-bond acceptors (Lipinski definition) is 4. The lowest BCUT2D eigenvalue weighted by atomic mass is 10.1. The van der Waals surface area contributed by atoms with Crippen molar-refractivity contribution >= 4 is 9.84 Å². The highest BCUT2D eigenvalue weighted by Gasteiger charge is 2.25. The van der Waals surface area contributed by atoms with E-state index in [0.717, 1.165) is 29.0 Å². The molecule has 1 atom stereocenters. The van der Waals surface area contributed by atoms with Gasteiger partial charge in [-0.2, -0.15) is 0 Å². The van der Waals surface area contributed by atoms with Gasteiger partial charge in [0.2, 0.25) is 9.84 Å². The van der Waals surface area contributed by atoms with Crippen LogP contribution in [0.1, 0.15) is 16.7 Å². The van der Waals surface area contributed by atoms with E-state index in [1.165, 1.54) is 0 Å². The summed E-state index contributed by atoms with van der Waals surface area (Å²) in [5.41, 5.74) is 2.66. The first-order chi connectivity index (χ1) is 10.9. The van der Waals surface area contributed by atoms with Gasteiger partial charge >= 0.3 is 0 Å². The Morgan fingerprint density at radius 3 is 2.13 bits per heavy atom. The highest BCUT2D eigenvalue weighted by Crippen LogP contribution is 2.30. The Morgan fingerprint density at radius 2 is 1.61 bits per heavy atom. The molecule has 1 aliphatic heterocycles. The molecule has 0 bridgehead atoms. The molecule has 2 aromatic carbocycles. The van der Waals surface area contributed by atoms with Gasteiger partial charge in [0, 0.05) is 0 Å². The fourth-order valence-electron chi connectivity index (χ4n) is 2.49. The molecule has 0 aliphatic carbocycles. The first-order valence-electron chi connectivity index (χ1n) is 7.55. The van der Waals surface area contributed by atoms with Gasteiger partial charge in [-0.3, -0.25) is 0 Å². The molecule has 1 unspecified atom stereocenters. The Hall–Kier alpha value is -1.85. The molecule has 0 N–H and O–H groups in total. The number of ether oxygens (including phenoxy) is 2. The fourth-order valence-corrected chi connectivity index (χ4v) is 3.92. The van der Waals surface area contributed by atoms with Gasteiger partial charge < -0.3 is 9.47 Å². The van der Waals surface area contributed by atoms with Gasteiger partial charge in [0.05, 0.1) is 16.4 Å². The van der Waals surface area contributed by atoms with E-state index < -0.39 is 9.84 Å². The number of aryl methyl sites for hydroxylation is 3. The van der Waals surface area contributed by atoms with Crippen LogP contribution in [-0.4, -0.2) is 27.7 Å². The molecule has 5 heteroatoms. The zero-order chi connectivity index (χ0) is 16.6. The predicted octanol–water partition coefficient (Wildman–Crippen LogP) is 3.22. The van der Waals surface area contributed by atoms with E-state index in [0.29, 0.717) is 16.4 Å². The van der Waals surface area contributed by atoms with Crippen molar-refractivity contribution in [1.29, 1.82) is 0 Å². The van der Waals surface area contributed by atoms with Crippen LogP contribution in [0.3, 0.4) is 0 Å². The average Bonchev–Trinajstić information content (AvgIpc) is 3.31. The maximum absolute atomic E-state index is 12.8. The summed E-state index contributed by atoms with van der Waals surface area (Å²) in [6.07, 6.45) is 0.171. The Balaban J connectivity index is 1.94. The summed E-state index contributed by atoms with van der Waals surface area (Å²) in [4.78, 5) is 0.605. The molecule has 1 fully saturated rings. The molecule has 1 heterocycles. The fraction of sp³-hybridized carbons (Fsp3) is 0.333. The molecule has 0 radical (unpaired) electrons. The summed E-state index contributed by atoms with van der Waals surface area (Å²) in [5, 5.41) is 0. The minimum atomic E-state index is -3.52. The Bertz CT molecular complexity index is 796. The molecule has 2 aromatic rings. The van der Waals surface area contributed by atoms with Crippen LogP contribution >= 0.6 is 0 Å². The first-order valence-corrected chi connectivity index (χ1v) is 9.03. The van der Waals surface area contributed by atoms with E-state index in [-0.39, 0.29) is 6.10 Å². The maximum atomic E-state index is 12.8. The molecule has 0 amide bonds. The van der Waals surface area contributed by atoms with Crippen molar-refractivity contribution in [2.75, 3.05) is 13.2 Å². The monoisotopic (exact) mass is 332 g/mol. The van der Waals surface area contributed by atoms with Crippen molar-refractivity contribution in [3.05, 3.63) is 53.1 Å². The van der Waals surface area contributed by atoms with E-state index in [4.69, 9.17) is 9.47 Å². The van der Waals surface area contributed by atoms with Crippen LogP contribution in [0.5, 0.6) is 5.75 Å². The summed E-state index contributed by atoms with van der Waals surface area (Å²) in [6.45, 7) is 6.90. The lowest BCUT2D eigenvalue weighted by Crippen LogP contribution is -2.08. The van der Waals surface area contributed by atoms with Gasteiger partial charge in [-0.05, 0) is 56.2 Å². The summed E-state index contributed by atoms with van der Waals surface area (Å²) in [5.74, 6) is 0.739. The SMILES string of the molecule is Cc1ccc(S(=O)(=O)c2cc(C)c(OCC3CO3)c(C)c2)cc1. The largest absolute Gasteiger partial charge is 0.490 e. The average molecular weight is 332 g/mol. The molecule has 23 heavy (non-hydrogen) atoms. The third-order valence-corrected chi connectivity index (χ3v) is 5.64. The predicted molar refractivity (Wildman–Crippen MR) is 87.8 cm³/mol. The third-order valence-electron chi connectivity index (χ3n) is 3.89. The van der Waals surface area contributed by atoms with Gasteiger partial charge in [-0.1, -0.05) is 17.7 Å². The summed E-state index contributed by atoms with van der Waals surface area (Å²) in [7, 11) is -3.52. The van der Waals surface area contributed by atoms with Gasteiger partial charge in [0.1, 0.15) is 18.5 Å². The number of hydrogen-bond donors (Lipinski definition) is 0. The molecule has 1 saturated heterocycles. The Morgan fingerprint density at radius 1 is 1.04 bits per heavy atom. The lowest BCUT2D eigenvalue weighted by molar-refractivity contribution is 0.260. The third kappa shape index (κ3) is 3.41. The van der Waals surface area contributed by atoms with Gasteiger partial charge in [0.15, 0.2) is 0 Å². The molecule has 122 valence electrons.